The monoisotopic (exact) mass is 970 g/mol. The van der Waals surface area contributed by atoms with Crippen LogP contribution >= 0.6 is 11.3 Å². The number of aliphatic hydroxyl groups excluding tert-OH is 1. The maximum absolute atomic E-state index is 12.3. The molecule has 55 heavy (non-hydrogen) atoms. The molecule has 0 fully saturated rings. The van der Waals surface area contributed by atoms with Gasteiger partial charge in [0, 0.05) is 52.9 Å². The Morgan fingerprint density at radius 2 is 1.33 bits per heavy atom. The van der Waals surface area contributed by atoms with Crippen molar-refractivity contribution in [2.45, 2.75) is 109 Å². The summed E-state index contributed by atoms with van der Waals surface area (Å²) in [6, 6.07) is 21.8. The van der Waals surface area contributed by atoms with Gasteiger partial charge in [-0.05, 0) is 50.0 Å². The van der Waals surface area contributed by atoms with Crippen LogP contribution in [-0.4, -0.2) is 37.0 Å². The number of hydrogen-bond acceptors (Lipinski definition) is 5. The van der Waals surface area contributed by atoms with Crippen molar-refractivity contribution >= 4 is 69.1 Å². The van der Waals surface area contributed by atoms with E-state index in [1.165, 1.54) is 53.1 Å². The van der Waals surface area contributed by atoms with Gasteiger partial charge in [-0.25, -0.2) is 4.98 Å². The Bertz CT molecular complexity index is 2110. The van der Waals surface area contributed by atoms with E-state index in [2.05, 4.69) is 163 Å². The third-order valence-electron chi connectivity index (χ3n) is 10.9. The van der Waals surface area contributed by atoms with Crippen LogP contribution in [0.3, 0.4) is 0 Å². The zero-order valence-electron chi connectivity index (χ0n) is 36.2. The predicted octanol–water partition coefficient (Wildman–Crippen LogP) is 11.5. The number of fused-ring (bicyclic) bond motifs is 2. The molecule has 5 rings (SSSR count). The van der Waals surface area contributed by atoms with Crippen LogP contribution in [0.2, 0.25) is 32.7 Å². The Labute approximate surface area is 352 Å². The van der Waals surface area contributed by atoms with Crippen LogP contribution in [0, 0.1) is 62.3 Å². The van der Waals surface area contributed by atoms with E-state index in [0.29, 0.717) is 23.7 Å². The second-order valence-electron chi connectivity index (χ2n) is 18.3. The van der Waals surface area contributed by atoms with Gasteiger partial charge in [0.1, 0.15) is 14.4 Å². The van der Waals surface area contributed by atoms with E-state index < -0.39 is 16.1 Å². The zero-order chi connectivity index (χ0) is 40.4. The Morgan fingerprint density at radius 3 is 1.85 bits per heavy atom. The second kappa shape index (κ2) is 18.7. The average Bonchev–Trinajstić information content (AvgIpc) is 3.40. The first-order chi connectivity index (χ1) is 25.1. The number of thiophene rings is 1. The van der Waals surface area contributed by atoms with Crippen LogP contribution < -0.4 is 14.9 Å². The van der Waals surface area contributed by atoms with Gasteiger partial charge in [-0.3, -0.25) is 9.78 Å². The molecule has 1 N–H and O–H groups in total. The molecule has 8 heteroatoms. The molecule has 4 nitrogen and oxygen atoms in total. The Hall–Kier alpha value is -2.75. The molecule has 5 aromatic rings. The topological polar surface area (TPSA) is 63.1 Å². The summed E-state index contributed by atoms with van der Waals surface area (Å²) in [6.07, 6.45) is 3.22. The molecule has 0 bridgehead atoms. The smallest absolute Gasteiger partial charge is 0.162 e. The molecule has 3 aromatic carbocycles. The van der Waals surface area contributed by atoms with Gasteiger partial charge in [0.2, 0.25) is 0 Å². The van der Waals surface area contributed by atoms with E-state index in [1.807, 2.05) is 11.3 Å². The summed E-state index contributed by atoms with van der Waals surface area (Å²) in [5.41, 5.74) is 7.19. The van der Waals surface area contributed by atoms with E-state index in [4.69, 9.17) is 9.97 Å². The molecule has 2 heterocycles. The standard InChI is InChI=1S/C30H33N2SSi2.C17H32O2.Ir/c1-19-13-20(2)15-24(14-19)35(7,8)30-21(3)27-29(33-30)28(32-18-31-27)23-16-22-11-9-10-12-25(22)26(17-23)34(4,5)6;1-10(2)16(11(3)4)14(18)9-15(19)17(12(5)6)13(7)8;/h9-15,17-18H,1-8H3;9-13,16-18H,1-8H3;/q-1;;/b;14-9-;. The largest absolute Gasteiger partial charge is 0.512 e. The first kappa shape index (κ1) is 46.6. The summed E-state index contributed by atoms with van der Waals surface area (Å²) < 4.78 is 2.68. The van der Waals surface area contributed by atoms with Crippen LogP contribution in [0.25, 0.3) is 32.2 Å². The Morgan fingerprint density at radius 1 is 0.782 bits per heavy atom. The molecular formula is C47H65IrN2O2SSi2-. The molecule has 0 amide bonds. The maximum Gasteiger partial charge on any atom is 0.162 e. The fourth-order valence-electron chi connectivity index (χ4n) is 8.47. The van der Waals surface area contributed by atoms with Crippen molar-refractivity contribution in [2.24, 2.45) is 35.5 Å². The van der Waals surface area contributed by atoms with E-state index in [9.17, 15) is 9.90 Å². The number of aromatic nitrogens is 2. The summed E-state index contributed by atoms with van der Waals surface area (Å²) >= 11 is 1.91. The second-order valence-corrected chi connectivity index (χ2v) is 29.1. The summed E-state index contributed by atoms with van der Waals surface area (Å²) in [5, 5.41) is 15.7. The first-order valence-electron chi connectivity index (χ1n) is 19.8. The van der Waals surface area contributed by atoms with Crippen molar-refractivity contribution in [3.63, 3.8) is 0 Å². The summed E-state index contributed by atoms with van der Waals surface area (Å²) in [6.45, 7) is 35.4. The summed E-state index contributed by atoms with van der Waals surface area (Å²) in [7, 11) is -3.48. The number of allylic oxidation sites excluding steroid dienone is 2. The summed E-state index contributed by atoms with van der Waals surface area (Å²) in [4.78, 5) is 22.0. The molecule has 0 aliphatic heterocycles. The van der Waals surface area contributed by atoms with Gasteiger partial charge < -0.3 is 5.11 Å². The molecule has 0 saturated heterocycles. The third-order valence-corrected chi connectivity index (χ3v) is 19.1. The van der Waals surface area contributed by atoms with Crippen LogP contribution in [0.4, 0.5) is 0 Å². The Kier molecular flexibility index (Phi) is 15.8. The van der Waals surface area contributed by atoms with Crippen molar-refractivity contribution in [3.8, 4) is 11.3 Å². The number of ketones is 1. The molecular weight excluding hydrogens is 905 g/mol. The van der Waals surface area contributed by atoms with Crippen molar-refractivity contribution in [1.29, 1.82) is 0 Å². The molecule has 0 aliphatic rings. The minimum absolute atomic E-state index is 0. The summed E-state index contributed by atoms with van der Waals surface area (Å²) in [5.74, 6) is 1.63. The van der Waals surface area contributed by atoms with Gasteiger partial charge in [-0.15, -0.1) is 40.1 Å². The normalized spacial score (nSPS) is 12.7. The van der Waals surface area contributed by atoms with Crippen molar-refractivity contribution in [2.75, 3.05) is 0 Å². The molecule has 0 spiro atoms. The van der Waals surface area contributed by atoms with Crippen LogP contribution in [0.15, 0.2) is 66.7 Å². The minimum Gasteiger partial charge on any atom is -0.512 e. The van der Waals surface area contributed by atoms with Crippen LogP contribution in [0.5, 0.6) is 0 Å². The van der Waals surface area contributed by atoms with Gasteiger partial charge in [0.05, 0.1) is 19.3 Å². The molecule has 0 saturated carbocycles. The number of carbonyl (C=O) groups is 1. The molecule has 299 valence electrons. The molecule has 0 aliphatic carbocycles. The third kappa shape index (κ3) is 10.6. The average molecular weight is 971 g/mol. The molecule has 2 aromatic heterocycles. The maximum atomic E-state index is 12.3. The van der Waals surface area contributed by atoms with E-state index in [-0.39, 0.29) is 43.5 Å². The van der Waals surface area contributed by atoms with Gasteiger partial charge in [0.25, 0.3) is 0 Å². The number of rotatable bonds is 11. The first-order valence-corrected chi connectivity index (χ1v) is 27.1. The predicted molar refractivity (Wildman–Crippen MR) is 242 cm³/mol. The number of hydrogen-bond donors (Lipinski definition) is 1. The molecule has 0 unspecified atom stereocenters. The molecule has 1 radical (unpaired) electrons. The number of carbonyl (C=O) groups excluding carboxylic acids is 1. The zero-order valence-corrected chi connectivity index (χ0v) is 41.4. The van der Waals surface area contributed by atoms with Gasteiger partial charge in [0.15, 0.2) is 5.78 Å². The van der Waals surface area contributed by atoms with E-state index >= 15 is 0 Å². The Balaban J connectivity index is 0.000000349. The van der Waals surface area contributed by atoms with Gasteiger partial charge >= 0.3 is 0 Å². The van der Waals surface area contributed by atoms with Crippen LogP contribution in [0.1, 0.15) is 72.1 Å². The number of aliphatic hydroxyl groups is 1. The minimum atomic E-state index is -1.91. The van der Waals surface area contributed by atoms with Crippen LogP contribution in [-0.2, 0) is 24.9 Å². The fraction of sp³-hybridized carbons (Fsp3) is 0.468. The van der Waals surface area contributed by atoms with Gasteiger partial charge in [-0.1, -0.05) is 152 Å². The van der Waals surface area contributed by atoms with Gasteiger partial charge in [-0.2, -0.15) is 0 Å². The number of nitrogens with zero attached hydrogens (tertiary/aromatic N) is 2. The number of benzene rings is 3. The number of aryl methyl sites for hydroxylation is 3. The van der Waals surface area contributed by atoms with E-state index in [1.54, 1.807) is 6.33 Å². The fourth-order valence-corrected chi connectivity index (χ4v) is 15.3. The quantitative estimate of drug-likeness (QED) is 0.0620. The van der Waals surface area contributed by atoms with Crippen molar-refractivity contribution < 1.29 is 30.0 Å². The van der Waals surface area contributed by atoms with Crippen molar-refractivity contribution in [1.82, 2.24) is 9.97 Å². The van der Waals surface area contributed by atoms with E-state index in [0.717, 1.165) is 16.8 Å². The SMILES string of the molecule is CC(C)C(C(=O)/C=C(\O)C(C(C)C)C(C)C)C(C)C.Cc1cc(C)cc([Si](C)(C)c2sc3c(-c4[c-]c5ccccc5c([Si](C)(C)C)c4)ncnc3c2C)c1.[Ir]. The molecule has 0 atom stereocenters. The van der Waals surface area contributed by atoms with Crippen molar-refractivity contribution in [3.05, 3.63) is 89.5 Å².